The molecule has 6 nitrogen and oxygen atoms in total. The standard InChI is InChI=1S/C28H33F4N3O3/c1-16(12-22(36)37)20-10-11-21-24(23(20)29)34-25(33-17-6-8-19(9-7-17)38-28(30,31)32)35(21)18-13-26(2,3)15-27(4,5)14-18/h6-11,16,18H,12-15H2,1-5H3,(H,33,34)(H,36,37). The number of hydrogen-bond acceptors (Lipinski definition) is 4. The largest absolute Gasteiger partial charge is 0.573 e. The second kappa shape index (κ2) is 9.78. The van der Waals surface area contributed by atoms with Crippen LogP contribution in [0.1, 0.15) is 77.8 Å². The van der Waals surface area contributed by atoms with E-state index < -0.39 is 24.1 Å². The Labute approximate surface area is 219 Å². The van der Waals surface area contributed by atoms with Gasteiger partial charge in [-0.1, -0.05) is 40.7 Å². The van der Waals surface area contributed by atoms with Crippen molar-refractivity contribution in [2.45, 2.75) is 78.6 Å². The number of aromatic nitrogens is 2. The Morgan fingerprint density at radius 2 is 1.74 bits per heavy atom. The molecule has 206 valence electrons. The summed E-state index contributed by atoms with van der Waals surface area (Å²) in [5.74, 6) is -2.12. The lowest BCUT2D eigenvalue weighted by Crippen LogP contribution is -2.35. The number of nitrogens with one attached hydrogen (secondary N) is 1. The molecule has 1 aliphatic carbocycles. The number of aliphatic carboxylic acids is 1. The van der Waals surface area contributed by atoms with Crippen LogP contribution >= 0.6 is 0 Å². The molecular formula is C28H33F4N3O3. The Balaban J connectivity index is 1.80. The minimum Gasteiger partial charge on any atom is -0.481 e. The third kappa shape index (κ3) is 6.22. The van der Waals surface area contributed by atoms with E-state index in [0.717, 1.165) is 19.3 Å². The van der Waals surface area contributed by atoms with Gasteiger partial charge >= 0.3 is 12.3 Å². The van der Waals surface area contributed by atoms with Gasteiger partial charge in [-0.25, -0.2) is 9.37 Å². The van der Waals surface area contributed by atoms with Crippen LogP contribution in [0.15, 0.2) is 36.4 Å². The Morgan fingerprint density at radius 1 is 1.13 bits per heavy atom. The number of hydrogen-bond donors (Lipinski definition) is 2. The number of carbonyl (C=O) groups is 1. The monoisotopic (exact) mass is 535 g/mol. The van der Waals surface area contributed by atoms with Gasteiger partial charge in [0.1, 0.15) is 11.3 Å². The lowest BCUT2D eigenvalue weighted by Gasteiger charge is -2.45. The first-order chi connectivity index (χ1) is 17.5. The average Bonchev–Trinajstić information content (AvgIpc) is 3.10. The van der Waals surface area contributed by atoms with Crippen molar-refractivity contribution in [3.63, 3.8) is 0 Å². The van der Waals surface area contributed by atoms with Crippen molar-refractivity contribution < 1.29 is 32.2 Å². The summed E-state index contributed by atoms with van der Waals surface area (Å²) in [6.07, 6.45) is -2.33. The number of imidazole rings is 1. The highest BCUT2D eigenvalue weighted by Crippen LogP contribution is 2.51. The van der Waals surface area contributed by atoms with Crippen LogP contribution in [0.2, 0.25) is 0 Å². The molecule has 0 bridgehead atoms. The number of fused-ring (bicyclic) bond motifs is 1. The number of halogens is 4. The minimum atomic E-state index is -4.80. The Hall–Kier alpha value is -3.30. The van der Waals surface area contributed by atoms with Crippen molar-refractivity contribution >= 4 is 28.6 Å². The van der Waals surface area contributed by atoms with E-state index in [4.69, 9.17) is 0 Å². The quantitative estimate of drug-likeness (QED) is 0.299. The fraction of sp³-hybridized carbons (Fsp3) is 0.500. The predicted molar refractivity (Wildman–Crippen MR) is 137 cm³/mol. The van der Waals surface area contributed by atoms with Crippen LogP contribution in [0.5, 0.6) is 5.75 Å². The van der Waals surface area contributed by atoms with Crippen LogP contribution in [0.3, 0.4) is 0 Å². The van der Waals surface area contributed by atoms with E-state index in [9.17, 15) is 23.1 Å². The Morgan fingerprint density at radius 3 is 2.29 bits per heavy atom. The van der Waals surface area contributed by atoms with Crippen LogP contribution < -0.4 is 10.1 Å². The minimum absolute atomic E-state index is 0.0178. The molecule has 1 atom stereocenters. The first-order valence-electron chi connectivity index (χ1n) is 12.6. The van der Waals surface area contributed by atoms with Gasteiger partial charge in [-0.2, -0.15) is 0 Å². The molecule has 0 radical (unpaired) electrons. The third-order valence-electron chi connectivity index (χ3n) is 7.08. The van der Waals surface area contributed by atoms with Gasteiger partial charge in [0, 0.05) is 11.7 Å². The van der Waals surface area contributed by atoms with E-state index >= 15 is 4.39 Å². The van der Waals surface area contributed by atoms with Crippen molar-refractivity contribution in [2.75, 3.05) is 5.32 Å². The summed E-state index contributed by atoms with van der Waals surface area (Å²) in [7, 11) is 0. The summed E-state index contributed by atoms with van der Waals surface area (Å²) < 4.78 is 59.4. The van der Waals surface area contributed by atoms with Gasteiger partial charge in [-0.15, -0.1) is 13.2 Å². The van der Waals surface area contributed by atoms with Gasteiger partial charge in [0.2, 0.25) is 5.95 Å². The highest BCUT2D eigenvalue weighted by Gasteiger charge is 2.40. The molecule has 4 rings (SSSR count). The molecule has 1 fully saturated rings. The highest BCUT2D eigenvalue weighted by molar-refractivity contribution is 5.82. The van der Waals surface area contributed by atoms with Gasteiger partial charge in [-0.05, 0) is 71.9 Å². The van der Waals surface area contributed by atoms with E-state index in [1.807, 2.05) is 4.57 Å². The molecule has 1 aromatic heterocycles. The number of ether oxygens (including phenoxy) is 1. The van der Waals surface area contributed by atoms with E-state index in [-0.39, 0.29) is 40.1 Å². The third-order valence-corrected chi connectivity index (χ3v) is 7.08. The summed E-state index contributed by atoms with van der Waals surface area (Å²) in [4.78, 5) is 15.8. The number of carboxylic acid groups (broad SMARTS) is 1. The van der Waals surface area contributed by atoms with E-state index in [2.05, 4.69) is 42.7 Å². The molecule has 2 N–H and O–H groups in total. The molecule has 3 aromatic rings. The smallest absolute Gasteiger partial charge is 0.481 e. The molecule has 0 aliphatic heterocycles. The fourth-order valence-corrected chi connectivity index (χ4v) is 6.19. The lowest BCUT2D eigenvalue weighted by molar-refractivity contribution is -0.274. The van der Waals surface area contributed by atoms with Crippen LogP contribution in [0, 0.1) is 16.6 Å². The SMILES string of the molecule is CC(CC(=O)O)c1ccc2c(nc(Nc3ccc(OC(F)(F)F)cc3)n2C2CC(C)(C)CC(C)(C)C2)c1F. The van der Waals surface area contributed by atoms with Crippen LogP contribution in [-0.4, -0.2) is 27.0 Å². The van der Waals surface area contributed by atoms with Crippen molar-refractivity contribution in [2.24, 2.45) is 10.8 Å². The number of alkyl halides is 3. The fourth-order valence-electron chi connectivity index (χ4n) is 6.19. The molecular weight excluding hydrogens is 502 g/mol. The summed E-state index contributed by atoms with van der Waals surface area (Å²) >= 11 is 0. The van der Waals surface area contributed by atoms with E-state index in [1.54, 1.807) is 19.1 Å². The first kappa shape index (κ1) is 27.7. The van der Waals surface area contributed by atoms with Crippen molar-refractivity contribution in [1.82, 2.24) is 9.55 Å². The molecule has 1 aliphatic rings. The Bertz CT molecular complexity index is 1310. The molecule has 2 aromatic carbocycles. The number of nitrogens with zero attached hydrogens (tertiary/aromatic N) is 2. The Kier molecular flexibility index (Phi) is 7.14. The van der Waals surface area contributed by atoms with Crippen molar-refractivity contribution in [3.05, 3.63) is 47.8 Å². The molecule has 1 saturated carbocycles. The van der Waals surface area contributed by atoms with Gasteiger partial charge in [0.25, 0.3) is 0 Å². The van der Waals surface area contributed by atoms with Gasteiger partial charge in [-0.3, -0.25) is 4.79 Å². The topological polar surface area (TPSA) is 76.4 Å². The van der Waals surface area contributed by atoms with E-state index in [1.165, 1.54) is 24.3 Å². The summed E-state index contributed by atoms with van der Waals surface area (Å²) in [5, 5.41) is 12.4. The van der Waals surface area contributed by atoms with E-state index in [0.29, 0.717) is 17.2 Å². The normalized spacial score (nSPS) is 18.3. The zero-order valence-electron chi connectivity index (χ0n) is 22.1. The molecule has 1 heterocycles. The zero-order chi connectivity index (χ0) is 28.0. The summed E-state index contributed by atoms with van der Waals surface area (Å²) in [6, 6.07) is 8.65. The van der Waals surface area contributed by atoms with Crippen molar-refractivity contribution in [1.29, 1.82) is 0 Å². The number of anilines is 2. The molecule has 1 unspecified atom stereocenters. The average molecular weight is 536 g/mol. The maximum atomic E-state index is 15.8. The van der Waals surface area contributed by atoms with Crippen molar-refractivity contribution in [3.8, 4) is 5.75 Å². The molecule has 0 saturated heterocycles. The highest BCUT2D eigenvalue weighted by atomic mass is 19.4. The summed E-state index contributed by atoms with van der Waals surface area (Å²) in [6.45, 7) is 10.5. The summed E-state index contributed by atoms with van der Waals surface area (Å²) in [5.41, 5.74) is 1.48. The zero-order valence-corrected chi connectivity index (χ0v) is 22.1. The maximum Gasteiger partial charge on any atom is 0.573 e. The number of rotatable bonds is 7. The first-order valence-corrected chi connectivity index (χ1v) is 12.6. The molecule has 0 spiro atoms. The number of carboxylic acids is 1. The predicted octanol–water partition coefficient (Wildman–Crippen LogP) is 8.17. The molecule has 0 amide bonds. The van der Waals surface area contributed by atoms with Crippen LogP contribution in [0.25, 0.3) is 11.0 Å². The molecule has 38 heavy (non-hydrogen) atoms. The second-order valence-corrected chi connectivity index (χ2v) is 11.9. The lowest BCUT2D eigenvalue weighted by atomic mass is 9.63. The van der Waals surface area contributed by atoms with Gasteiger partial charge in [0.05, 0.1) is 11.9 Å². The number of benzene rings is 2. The van der Waals surface area contributed by atoms with Crippen LogP contribution in [-0.2, 0) is 4.79 Å². The second-order valence-electron chi connectivity index (χ2n) is 11.9. The maximum absolute atomic E-state index is 15.8. The van der Waals surface area contributed by atoms with Gasteiger partial charge in [0.15, 0.2) is 5.82 Å². The van der Waals surface area contributed by atoms with Crippen LogP contribution in [0.4, 0.5) is 29.2 Å². The van der Waals surface area contributed by atoms with Gasteiger partial charge < -0.3 is 19.7 Å². The molecule has 10 heteroatoms.